The lowest BCUT2D eigenvalue weighted by molar-refractivity contribution is 0.0910. The first-order valence-electron chi connectivity index (χ1n) is 4.94. The lowest BCUT2D eigenvalue weighted by atomic mass is 10.2. The highest BCUT2D eigenvalue weighted by molar-refractivity contribution is 7.71. The molecule has 1 aromatic heterocycles. The zero-order valence-electron chi connectivity index (χ0n) is 8.81. The van der Waals surface area contributed by atoms with Gasteiger partial charge in [-0.15, -0.1) is 11.6 Å². The van der Waals surface area contributed by atoms with Crippen LogP contribution in [0.15, 0.2) is 24.3 Å². The fourth-order valence-corrected chi connectivity index (χ4v) is 2.33. The Labute approximate surface area is 103 Å². The summed E-state index contributed by atoms with van der Waals surface area (Å²) in [6.45, 7) is 2.06. The van der Waals surface area contributed by atoms with E-state index >= 15 is 0 Å². The minimum atomic E-state index is -0.0579. The third-order valence-electron chi connectivity index (χ3n) is 2.43. The Balaban J connectivity index is 2.86. The topological polar surface area (TPSA) is 26.9 Å². The van der Waals surface area contributed by atoms with Gasteiger partial charge in [-0.05, 0) is 12.1 Å². The molecular formula is C11H11ClN2OS. The summed E-state index contributed by atoms with van der Waals surface area (Å²) in [5, 5.41) is 0.915. The van der Waals surface area contributed by atoms with Crippen molar-refractivity contribution in [2.75, 3.05) is 5.88 Å². The summed E-state index contributed by atoms with van der Waals surface area (Å²) < 4.78 is 3.99. The summed E-state index contributed by atoms with van der Waals surface area (Å²) in [7, 11) is 0. The number of nitrogens with zero attached hydrogens (tertiary/aromatic N) is 2. The van der Waals surface area contributed by atoms with Gasteiger partial charge in [-0.25, -0.2) is 4.68 Å². The van der Waals surface area contributed by atoms with E-state index in [1.54, 1.807) is 9.36 Å². The molecule has 0 saturated heterocycles. The molecule has 0 bridgehead atoms. The van der Waals surface area contributed by atoms with Crippen molar-refractivity contribution >= 4 is 40.6 Å². The van der Waals surface area contributed by atoms with Crippen LogP contribution in [0, 0.1) is 4.64 Å². The summed E-state index contributed by atoms with van der Waals surface area (Å²) >= 11 is 11.1. The van der Waals surface area contributed by atoms with Gasteiger partial charge in [0.2, 0.25) is 5.91 Å². The number of para-hydroxylation sites is 1. The van der Waals surface area contributed by atoms with Crippen molar-refractivity contribution in [2.24, 2.45) is 0 Å². The van der Waals surface area contributed by atoms with Gasteiger partial charge in [-0.1, -0.05) is 24.4 Å². The standard InChI is InChI=1S/C11H11ClN2OS/c1-8(15)14-10-5-3-2-4-9(10)11(16)13(14)7-6-12/h2-5H,6-7H2,1H3. The van der Waals surface area contributed by atoms with Crippen LogP contribution in [-0.4, -0.2) is 21.2 Å². The number of rotatable bonds is 2. The maximum atomic E-state index is 11.6. The number of carbonyl (C=O) groups excluding carboxylic acids is 1. The Bertz CT molecular complexity index is 600. The molecule has 0 aliphatic heterocycles. The molecule has 1 aromatic carbocycles. The first-order chi connectivity index (χ1) is 7.66. The molecular weight excluding hydrogens is 244 g/mol. The number of fused-ring (bicyclic) bond motifs is 1. The van der Waals surface area contributed by atoms with Crippen LogP contribution in [0.4, 0.5) is 0 Å². The lowest BCUT2D eigenvalue weighted by Crippen LogP contribution is -2.18. The third-order valence-corrected chi connectivity index (χ3v) is 3.03. The maximum Gasteiger partial charge on any atom is 0.242 e. The molecule has 84 valence electrons. The highest BCUT2D eigenvalue weighted by atomic mass is 35.5. The summed E-state index contributed by atoms with van der Waals surface area (Å²) in [5.41, 5.74) is 0.838. The summed E-state index contributed by atoms with van der Waals surface area (Å²) in [5.74, 6) is 0.371. The van der Waals surface area contributed by atoms with Gasteiger partial charge in [0.1, 0.15) is 4.64 Å². The quantitative estimate of drug-likeness (QED) is 0.608. The van der Waals surface area contributed by atoms with Crippen molar-refractivity contribution in [1.82, 2.24) is 9.36 Å². The second-order valence-electron chi connectivity index (χ2n) is 3.47. The molecule has 5 heteroatoms. The molecule has 0 aliphatic rings. The van der Waals surface area contributed by atoms with Crippen LogP contribution in [-0.2, 0) is 6.54 Å². The van der Waals surface area contributed by atoms with E-state index in [1.807, 2.05) is 24.3 Å². The normalized spacial score (nSPS) is 10.9. The van der Waals surface area contributed by atoms with Gasteiger partial charge in [0, 0.05) is 18.2 Å². The monoisotopic (exact) mass is 254 g/mol. The summed E-state index contributed by atoms with van der Waals surface area (Å²) in [6, 6.07) is 7.61. The van der Waals surface area contributed by atoms with Crippen LogP contribution in [0.3, 0.4) is 0 Å². The molecule has 0 radical (unpaired) electrons. The number of hydrogen-bond acceptors (Lipinski definition) is 2. The van der Waals surface area contributed by atoms with Gasteiger partial charge in [0.25, 0.3) is 0 Å². The Morgan fingerprint density at radius 1 is 1.44 bits per heavy atom. The van der Waals surface area contributed by atoms with Crippen molar-refractivity contribution in [3.63, 3.8) is 0 Å². The number of halogens is 1. The average Bonchev–Trinajstić information content (AvgIpc) is 2.54. The first kappa shape index (κ1) is 11.4. The molecule has 0 fully saturated rings. The minimum absolute atomic E-state index is 0.0579. The van der Waals surface area contributed by atoms with Gasteiger partial charge >= 0.3 is 0 Å². The van der Waals surface area contributed by atoms with Gasteiger partial charge in [-0.2, -0.15) is 0 Å². The molecule has 16 heavy (non-hydrogen) atoms. The molecule has 0 atom stereocenters. The molecule has 3 nitrogen and oxygen atoms in total. The second kappa shape index (κ2) is 4.39. The zero-order chi connectivity index (χ0) is 11.7. The van der Waals surface area contributed by atoms with E-state index in [2.05, 4.69) is 0 Å². The van der Waals surface area contributed by atoms with Crippen molar-refractivity contribution < 1.29 is 4.79 Å². The highest BCUT2D eigenvalue weighted by Crippen LogP contribution is 2.18. The molecule has 0 spiro atoms. The number of alkyl halides is 1. The lowest BCUT2D eigenvalue weighted by Gasteiger charge is -2.07. The summed E-state index contributed by atoms with van der Waals surface area (Å²) in [4.78, 5) is 11.6. The molecule has 1 heterocycles. The molecule has 0 saturated carbocycles. The van der Waals surface area contributed by atoms with Crippen LogP contribution < -0.4 is 0 Å². The Morgan fingerprint density at radius 3 is 2.75 bits per heavy atom. The highest BCUT2D eigenvalue weighted by Gasteiger charge is 2.12. The fourth-order valence-electron chi connectivity index (χ4n) is 1.82. The van der Waals surface area contributed by atoms with Gasteiger partial charge in [-0.3, -0.25) is 9.48 Å². The Kier molecular flexibility index (Phi) is 3.12. The van der Waals surface area contributed by atoms with Crippen molar-refractivity contribution in [3.05, 3.63) is 28.9 Å². The van der Waals surface area contributed by atoms with E-state index in [4.69, 9.17) is 23.8 Å². The zero-order valence-corrected chi connectivity index (χ0v) is 10.4. The third kappa shape index (κ3) is 1.68. The van der Waals surface area contributed by atoms with Gasteiger partial charge < -0.3 is 0 Å². The van der Waals surface area contributed by atoms with Crippen LogP contribution in [0.1, 0.15) is 11.7 Å². The number of benzene rings is 1. The van der Waals surface area contributed by atoms with Gasteiger partial charge in [0.15, 0.2) is 0 Å². The Morgan fingerprint density at radius 2 is 2.12 bits per heavy atom. The molecule has 0 N–H and O–H groups in total. The minimum Gasteiger partial charge on any atom is -0.273 e. The van der Waals surface area contributed by atoms with Crippen LogP contribution in [0.25, 0.3) is 10.9 Å². The molecule has 2 aromatic rings. The molecule has 0 aliphatic carbocycles. The molecule has 2 rings (SSSR count). The van der Waals surface area contributed by atoms with Crippen molar-refractivity contribution in [2.45, 2.75) is 13.5 Å². The smallest absolute Gasteiger partial charge is 0.242 e. The fraction of sp³-hybridized carbons (Fsp3) is 0.273. The van der Waals surface area contributed by atoms with E-state index in [0.29, 0.717) is 17.1 Å². The second-order valence-corrected chi connectivity index (χ2v) is 4.23. The predicted molar refractivity (Wildman–Crippen MR) is 67.8 cm³/mol. The van der Waals surface area contributed by atoms with Crippen molar-refractivity contribution in [3.8, 4) is 0 Å². The maximum absolute atomic E-state index is 11.6. The van der Waals surface area contributed by atoms with E-state index < -0.39 is 0 Å². The van der Waals surface area contributed by atoms with Crippen LogP contribution in [0.2, 0.25) is 0 Å². The molecule has 0 amide bonds. The van der Waals surface area contributed by atoms with Gasteiger partial charge in [0.05, 0.1) is 12.1 Å². The summed E-state index contributed by atoms with van der Waals surface area (Å²) in [6.07, 6.45) is 0. The molecule has 0 unspecified atom stereocenters. The SMILES string of the molecule is CC(=O)n1c2ccccc2c(=S)n1CCCl. The van der Waals surface area contributed by atoms with Crippen LogP contribution >= 0.6 is 23.8 Å². The number of hydrogen-bond donors (Lipinski definition) is 0. The van der Waals surface area contributed by atoms with E-state index in [0.717, 1.165) is 10.9 Å². The Hall–Kier alpha value is -1.13. The predicted octanol–water partition coefficient (Wildman–Crippen LogP) is 3.07. The largest absolute Gasteiger partial charge is 0.273 e. The van der Waals surface area contributed by atoms with E-state index in [-0.39, 0.29) is 5.91 Å². The number of carbonyl (C=O) groups is 1. The average molecular weight is 255 g/mol. The van der Waals surface area contributed by atoms with E-state index in [1.165, 1.54) is 6.92 Å². The number of aromatic nitrogens is 2. The van der Waals surface area contributed by atoms with E-state index in [9.17, 15) is 4.79 Å². The van der Waals surface area contributed by atoms with Crippen LogP contribution in [0.5, 0.6) is 0 Å². The first-order valence-corrected chi connectivity index (χ1v) is 5.88. The van der Waals surface area contributed by atoms with Crippen molar-refractivity contribution in [1.29, 1.82) is 0 Å².